The van der Waals surface area contributed by atoms with Crippen molar-refractivity contribution in [1.82, 2.24) is 9.80 Å². The van der Waals surface area contributed by atoms with Gasteiger partial charge >= 0.3 is 11.9 Å². The van der Waals surface area contributed by atoms with Crippen LogP contribution in [0.15, 0.2) is 72.8 Å². The second-order valence-corrected chi connectivity index (χ2v) is 14.8. The molecule has 1 aliphatic rings. The van der Waals surface area contributed by atoms with Crippen LogP contribution in [0.3, 0.4) is 0 Å². The summed E-state index contributed by atoms with van der Waals surface area (Å²) in [6, 6.07) is 22.0. The van der Waals surface area contributed by atoms with E-state index in [1.165, 1.54) is 11.3 Å². The summed E-state index contributed by atoms with van der Waals surface area (Å²) in [4.78, 5) is 66.8. The number of hydrogen-bond acceptors (Lipinski definition) is 7. The molecule has 3 amide bonds. The standard InChI is InChI=1S/C42H48N4O7S/c1-3-23-46(25-24-45(2)36(47)21-22-37(48)49)27-30-7-6-8-32(26-30)39(50)44-41-38(34-9-4-5-10-35(34)54-41)40(51)43-33-19-15-29(16-20-33)12-11-28-13-17-31(18-14-28)42(52)53/h6-8,13-20,26H,3-5,9-12,21-25,27H2,1-2H3,(H,43,51)(H,44,50)(H,48,49)(H,52,53). The third kappa shape index (κ3) is 11.1. The number of anilines is 2. The molecule has 284 valence electrons. The minimum Gasteiger partial charge on any atom is -0.481 e. The van der Waals surface area contributed by atoms with E-state index >= 15 is 0 Å². The first-order chi connectivity index (χ1) is 26.0. The number of nitrogens with zero attached hydrogens (tertiary/aromatic N) is 2. The maximum Gasteiger partial charge on any atom is 0.335 e. The summed E-state index contributed by atoms with van der Waals surface area (Å²) in [6.07, 6.45) is 5.87. The Morgan fingerprint density at radius 1 is 0.741 bits per heavy atom. The molecule has 0 saturated heterocycles. The Morgan fingerprint density at radius 3 is 2.09 bits per heavy atom. The fraction of sp³-hybridized carbons (Fsp3) is 0.357. The molecular weight excluding hydrogens is 705 g/mol. The van der Waals surface area contributed by atoms with Crippen molar-refractivity contribution in [2.24, 2.45) is 0 Å². The van der Waals surface area contributed by atoms with Gasteiger partial charge < -0.3 is 25.7 Å². The number of aryl methyl sites for hydroxylation is 3. The first-order valence-electron chi connectivity index (χ1n) is 18.5. The van der Waals surface area contributed by atoms with Gasteiger partial charge in [-0.25, -0.2) is 4.79 Å². The van der Waals surface area contributed by atoms with Gasteiger partial charge in [-0.2, -0.15) is 0 Å². The molecule has 0 aliphatic heterocycles. The predicted octanol–water partition coefficient (Wildman–Crippen LogP) is 7.15. The summed E-state index contributed by atoms with van der Waals surface area (Å²) in [6.45, 7) is 4.51. The molecule has 1 aliphatic carbocycles. The van der Waals surface area contributed by atoms with Crippen LogP contribution in [-0.2, 0) is 41.8 Å². The first kappa shape index (κ1) is 39.9. The highest BCUT2D eigenvalue weighted by molar-refractivity contribution is 7.17. The molecule has 54 heavy (non-hydrogen) atoms. The maximum absolute atomic E-state index is 13.9. The molecule has 1 aromatic heterocycles. The normalized spacial score (nSPS) is 12.2. The maximum atomic E-state index is 13.9. The number of aromatic carboxylic acids is 1. The lowest BCUT2D eigenvalue weighted by Gasteiger charge is -2.25. The van der Waals surface area contributed by atoms with E-state index in [1.807, 2.05) is 54.6 Å². The van der Waals surface area contributed by atoms with Gasteiger partial charge in [0, 0.05) is 49.2 Å². The van der Waals surface area contributed by atoms with E-state index in [2.05, 4.69) is 22.5 Å². The lowest BCUT2D eigenvalue weighted by Crippen LogP contribution is -2.36. The second kappa shape index (κ2) is 19.1. The number of nitrogens with one attached hydrogen (secondary N) is 2. The Morgan fingerprint density at radius 2 is 1.43 bits per heavy atom. The van der Waals surface area contributed by atoms with Crippen LogP contribution in [0.5, 0.6) is 0 Å². The van der Waals surface area contributed by atoms with E-state index in [0.29, 0.717) is 41.4 Å². The third-order valence-corrected chi connectivity index (χ3v) is 10.8. The lowest BCUT2D eigenvalue weighted by molar-refractivity contribution is -0.140. The highest BCUT2D eigenvalue weighted by Gasteiger charge is 2.27. The van der Waals surface area contributed by atoms with Crippen molar-refractivity contribution < 1.29 is 34.2 Å². The Hall–Kier alpha value is -5.33. The van der Waals surface area contributed by atoms with Crippen molar-refractivity contribution in [3.05, 3.63) is 117 Å². The van der Waals surface area contributed by atoms with Crippen LogP contribution < -0.4 is 10.6 Å². The van der Waals surface area contributed by atoms with Crippen molar-refractivity contribution in [2.75, 3.05) is 37.3 Å². The van der Waals surface area contributed by atoms with E-state index < -0.39 is 11.9 Å². The topological polar surface area (TPSA) is 156 Å². The Bertz CT molecular complexity index is 1960. The summed E-state index contributed by atoms with van der Waals surface area (Å²) in [5, 5.41) is 24.7. The second-order valence-electron chi connectivity index (χ2n) is 13.7. The van der Waals surface area contributed by atoms with E-state index in [1.54, 1.807) is 30.1 Å². The number of amides is 3. The lowest BCUT2D eigenvalue weighted by atomic mass is 9.95. The summed E-state index contributed by atoms with van der Waals surface area (Å²) < 4.78 is 0. The fourth-order valence-corrected chi connectivity index (χ4v) is 7.88. The highest BCUT2D eigenvalue weighted by atomic mass is 32.1. The number of carboxylic acid groups (broad SMARTS) is 2. The zero-order valence-corrected chi connectivity index (χ0v) is 31.7. The Balaban J connectivity index is 1.22. The monoisotopic (exact) mass is 752 g/mol. The van der Waals surface area contributed by atoms with Gasteiger partial charge in [-0.1, -0.05) is 43.3 Å². The van der Waals surface area contributed by atoms with Crippen molar-refractivity contribution in [1.29, 1.82) is 0 Å². The van der Waals surface area contributed by atoms with Gasteiger partial charge in [0.1, 0.15) is 5.00 Å². The Kier molecular flexibility index (Phi) is 14.1. The molecule has 0 atom stereocenters. The number of thiophene rings is 1. The molecule has 5 rings (SSSR count). The van der Waals surface area contributed by atoms with Gasteiger partial charge in [0.25, 0.3) is 11.8 Å². The third-order valence-electron chi connectivity index (χ3n) is 9.61. The molecule has 0 saturated carbocycles. The molecule has 0 radical (unpaired) electrons. The van der Waals surface area contributed by atoms with Gasteiger partial charge in [0.2, 0.25) is 5.91 Å². The SMILES string of the molecule is CCCN(CCN(C)C(=O)CCC(=O)O)Cc1cccc(C(=O)Nc2sc3c(c2C(=O)Nc2ccc(CCc4ccc(C(=O)O)cc4)cc2)CCCC3)c1. The van der Waals surface area contributed by atoms with E-state index in [9.17, 15) is 24.0 Å². The largest absolute Gasteiger partial charge is 0.481 e. The molecule has 1 heterocycles. The van der Waals surface area contributed by atoms with Crippen LogP contribution in [0, 0.1) is 0 Å². The average Bonchev–Trinajstić information content (AvgIpc) is 3.53. The van der Waals surface area contributed by atoms with Crippen molar-refractivity contribution in [3.8, 4) is 0 Å². The summed E-state index contributed by atoms with van der Waals surface area (Å²) in [5.74, 6) is -2.70. The summed E-state index contributed by atoms with van der Waals surface area (Å²) >= 11 is 1.47. The molecule has 11 nitrogen and oxygen atoms in total. The number of fused-ring (bicyclic) bond motifs is 1. The number of carbonyl (C=O) groups is 5. The van der Waals surface area contributed by atoms with Gasteiger partial charge in [-0.3, -0.25) is 24.1 Å². The zero-order valence-electron chi connectivity index (χ0n) is 30.9. The van der Waals surface area contributed by atoms with Crippen LogP contribution in [0.4, 0.5) is 10.7 Å². The molecule has 0 spiro atoms. The fourth-order valence-electron chi connectivity index (χ4n) is 6.60. The molecular formula is C42H48N4O7S. The number of likely N-dealkylation sites (N-methyl/N-ethyl adjacent to an activating group) is 1. The number of rotatable bonds is 18. The van der Waals surface area contributed by atoms with Crippen LogP contribution in [0.1, 0.15) is 97.2 Å². The van der Waals surface area contributed by atoms with E-state index in [4.69, 9.17) is 10.2 Å². The summed E-state index contributed by atoms with van der Waals surface area (Å²) in [5.41, 5.74) is 6.00. The number of hydrogen-bond donors (Lipinski definition) is 4. The molecule has 4 N–H and O–H groups in total. The van der Waals surface area contributed by atoms with Crippen molar-refractivity contribution >= 4 is 51.7 Å². The summed E-state index contributed by atoms with van der Waals surface area (Å²) in [7, 11) is 1.68. The van der Waals surface area contributed by atoms with Gasteiger partial charge in [0.05, 0.1) is 17.5 Å². The van der Waals surface area contributed by atoms with Crippen LogP contribution in [0.25, 0.3) is 0 Å². The molecule has 0 bridgehead atoms. The molecule has 0 unspecified atom stereocenters. The molecule has 4 aromatic rings. The van der Waals surface area contributed by atoms with Crippen molar-refractivity contribution in [2.45, 2.75) is 71.3 Å². The van der Waals surface area contributed by atoms with Gasteiger partial charge in [-0.05, 0) is 110 Å². The van der Waals surface area contributed by atoms with Crippen LogP contribution in [0.2, 0.25) is 0 Å². The number of aliphatic carboxylic acids is 1. The first-order valence-corrected chi connectivity index (χ1v) is 19.3. The number of carbonyl (C=O) groups excluding carboxylic acids is 3. The zero-order chi connectivity index (χ0) is 38.6. The van der Waals surface area contributed by atoms with E-state index in [0.717, 1.165) is 78.6 Å². The molecule has 12 heteroatoms. The Labute approximate surface area is 320 Å². The highest BCUT2D eigenvalue weighted by Crippen LogP contribution is 2.39. The van der Waals surface area contributed by atoms with Crippen LogP contribution in [-0.4, -0.2) is 76.4 Å². The van der Waals surface area contributed by atoms with Gasteiger partial charge in [-0.15, -0.1) is 11.3 Å². The minimum atomic E-state index is -0.994. The van der Waals surface area contributed by atoms with Gasteiger partial charge in [0.15, 0.2) is 0 Å². The number of carboxylic acids is 2. The van der Waals surface area contributed by atoms with E-state index in [-0.39, 0.29) is 36.1 Å². The minimum absolute atomic E-state index is 0.0303. The smallest absolute Gasteiger partial charge is 0.335 e. The molecule has 0 fully saturated rings. The quantitative estimate of drug-likeness (QED) is 0.0835. The molecule has 3 aromatic carbocycles. The van der Waals surface area contributed by atoms with Crippen molar-refractivity contribution in [3.63, 3.8) is 0 Å². The van der Waals surface area contributed by atoms with Crippen LogP contribution >= 0.6 is 11.3 Å². The average molecular weight is 753 g/mol. The number of benzene rings is 3. The predicted molar refractivity (Wildman–Crippen MR) is 211 cm³/mol.